The largest absolute Gasteiger partial charge is 0.460 e. The van der Waals surface area contributed by atoms with Gasteiger partial charge in [0, 0.05) is 145 Å². The number of sulfonamides is 1. The Labute approximate surface area is 793 Å². The van der Waals surface area contributed by atoms with Crippen molar-refractivity contribution in [3.63, 3.8) is 0 Å². The maximum atomic E-state index is 14.9. The fourth-order valence-electron chi connectivity index (χ4n) is 18.8. The number of anilines is 3. The number of aliphatic hydroxyl groups is 3. The maximum absolute atomic E-state index is 14.9. The van der Waals surface area contributed by atoms with Crippen LogP contribution in [0.5, 0.6) is 0 Å². The zero-order valence-electron chi connectivity index (χ0n) is 79.4. The lowest BCUT2D eigenvalue weighted by Gasteiger charge is -2.42. The minimum atomic E-state index is -3.64. The molecule has 2 aromatic carbocycles. The molecule has 1 aliphatic carbocycles. The second-order valence-corrected chi connectivity index (χ2v) is 38.9. The number of aryl methyl sites for hydroxylation is 2. The number of carbonyl (C=O) groups excluding carboxylic acids is 6. The summed E-state index contributed by atoms with van der Waals surface area (Å²) in [5.74, 6) is -8.57. The van der Waals surface area contributed by atoms with Crippen LogP contribution in [0.15, 0.2) is 126 Å². The van der Waals surface area contributed by atoms with Gasteiger partial charge in [0.05, 0.1) is 92.7 Å². The first-order valence-electron chi connectivity index (χ1n) is 47.7. The van der Waals surface area contributed by atoms with Gasteiger partial charge in [-0.05, 0) is 162 Å². The molecule has 0 spiro atoms. The van der Waals surface area contributed by atoms with Crippen LogP contribution in [0, 0.1) is 35.5 Å². The SMILES string of the molecule is CO[C@@H]1C[C@@H]2CC[C@@H](C)[C@@](O)(O2)C(=O)C(=O)N2CCCC[C@H]2C(=O)O[C@H]([C@H](C)C[C@@H]2CC[C@H](n3nncc3-c3cccc(-c4cnc(N5CCN(S(=O)(=O)CCc6cn(CCOCCOCCOCCCCC(=O)NCCCCn7nc(-c8ccc9oc(N)nc9c8)c8c(N)ncnc87)nn6)CC5)nc4)c3)[C@H](OC)C2)CC(=O)[C@H](C)/C=C(/C)[C@H](O)[C@@H](O)C(=O)[C@H](C)C[C@H](C)/C=C\C=CC=C1C. The monoisotopic (exact) mass is 1900 g/mol. The minimum Gasteiger partial charge on any atom is -0.460 e. The van der Waals surface area contributed by atoms with Gasteiger partial charge in [0.25, 0.3) is 17.7 Å². The van der Waals surface area contributed by atoms with Crippen molar-refractivity contribution in [2.24, 2.45) is 35.5 Å². The lowest BCUT2D eigenvalue weighted by molar-refractivity contribution is -0.265. The van der Waals surface area contributed by atoms with Gasteiger partial charge in [0.2, 0.25) is 27.7 Å². The van der Waals surface area contributed by atoms with Crippen molar-refractivity contribution in [1.29, 1.82) is 0 Å². The summed E-state index contributed by atoms with van der Waals surface area (Å²) in [5, 5.41) is 60.9. The third-order valence-electron chi connectivity index (χ3n) is 26.9. The van der Waals surface area contributed by atoms with E-state index in [4.69, 9.17) is 64.1 Å². The molecule has 10 heterocycles. The molecule has 0 radical (unpaired) electrons. The molecule has 0 unspecified atom stereocenters. The molecule has 38 nitrogen and oxygen atoms in total. The summed E-state index contributed by atoms with van der Waals surface area (Å²) in [6, 6.07) is 12.0. The standard InChI is InChI=1S/C97H133N19O19S/c1-61-20-11-10-12-21-62(2)81(128-8)54-74-29-26-67(7)97(125,135-74)90(122)93(123)114-34-16-13-24-77(114)94(124)133-82(55-79(117)63(3)49-66(6)88(120)89(121)87(119)65(5)48-61)64(4)50-68-27-30-76(83(51-68)129-9)116-78(58-105-109-116)70-23-19-22-69(52-70)72-56-101-96(102-57-72)111-36-38-113(39-37-111)136(126,127)47-32-73-59-112(110-107-73)40-42-131-44-46-132-45-43-130-41-18-14-25-84(118)100-33-15-17-35-115-92-85(91(98)103-60-104-92)86(108-115)71-28-31-80-75(53-71)106-95(99)134-80/h10-12,19-23,28,31,49,52-53,56-61,63-65,67-68,74,76-77,81-83,88-89,120-121,125H,13-18,24-27,29-30,32-48,50-51,54-55H2,1-9H3,(H2,99,106)(H,100,118)(H2,98,103,104)/b12-10?,20-11-,62-21?,66-49-/t61-,63-,64-,65-,67-,68+,74+,76+,77+,81-,82+,83-,88+,89+,97-/m1/s1. The first kappa shape index (κ1) is 103. The number of ketones is 3. The molecule has 2 amide bonds. The molecule has 39 heteroatoms. The number of cyclic esters (lactones) is 1. The highest BCUT2D eigenvalue weighted by Gasteiger charge is 2.53. The smallest absolute Gasteiger partial charge is 0.329 e. The molecule has 2 bridgehead atoms. The lowest BCUT2D eigenvalue weighted by Crippen LogP contribution is -2.61. The first-order valence-corrected chi connectivity index (χ1v) is 49.3. The molecule has 8 N–H and O–H groups in total. The van der Waals surface area contributed by atoms with Crippen LogP contribution in [-0.4, -0.2) is 280 Å². The van der Waals surface area contributed by atoms with Crippen LogP contribution in [0.2, 0.25) is 0 Å². The highest BCUT2D eigenvalue weighted by atomic mass is 32.2. The Hall–Kier alpha value is -10.9. The Bertz CT molecular complexity index is 5610. The van der Waals surface area contributed by atoms with E-state index in [1.54, 1.807) is 77.5 Å². The van der Waals surface area contributed by atoms with E-state index in [-0.39, 0.29) is 98.3 Å². The number of amides is 2. The molecule has 15 atom stereocenters. The topological polar surface area (TPSA) is 492 Å². The number of nitrogens with two attached hydrogens (primary N) is 2. The van der Waals surface area contributed by atoms with E-state index in [9.17, 15) is 52.5 Å². The van der Waals surface area contributed by atoms with E-state index in [0.29, 0.717) is 188 Å². The maximum Gasteiger partial charge on any atom is 0.329 e. The number of rotatable bonds is 33. The average molecular weight is 1900 g/mol. The van der Waals surface area contributed by atoms with E-state index in [0.717, 1.165) is 52.8 Å². The number of benzene rings is 2. The Morgan fingerprint density at radius 2 is 1.51 bits per heavy atom. The van der Waals surface area contributed by atoms with E-state index in [2.05, 4.69) is 40.9 Å². The summed E-state index contributed by atoms with van der Waals surface area (Å²) in [4.78, 5) is 111. The third-order valence-corrected chi connectivity index (χ3v) is 28.8. The fourth-order valence-corrected chi connectivity index (χ4v) is 20.3. The second-order valence-electron chi connectivity index (χ2n) is 36.8. The van der Waals surface area contributed by atoms with Gasteiger partial charge in [-0.3, -0.25) is 24.0 Å². The van der Waals surface area contributed by atoms with Crippen molar-refractivity contribution in [1.82, 2.24) is 79.2 Å². The third kappa shape index (κ3) is 26.5. The summed E-state index contributed by atoms with van der Waals surface area (Å²) in [5.41, 5.74) is 20.1. The zero-order chi connectivity index (χ0) is 96.7. The van der Waals surface area contributed by atoms with E-state index in [1.807, 2.05) is 102 Å². The molecule has 3 saturated heterocycles. The summed E-state index contributed by atoms with van der Waals surface area (Å²) in [7, 11) is -0.423. The molecular weight excluding hydrogens is 1770 g/mol. The summed E-state index contributed by atoms with van der Waals surface area (Å²) in [6.07, 6.45) is 21.7. The zero-order valence-corrected chi connectivity index (χ0v) is 80.2. The summed E-state index contributed by atoms with van der Waals surface area (Å²) >= 11 is 0. The number of esters is 1. The molecule has 13 rings (SSSR count). The van der Waals surface area contributed by atoms with Crippen LogP contribution in [-0.2, 0) is 91.5 Å². The Morgan fingerprint density at radius 1 is 0.750 bits per heavy atom. The molecule has 8 aromatic rings. The molecule has 4 fully saturated rings. The molecule has 736 valence electrons. The molecule has 1 saturated carbocycles. The van der Waals surface area contributed by atoms with Crippen LogP contribution in [0.3, 0.4) is 0 Å². The average Bonchev–Trinajstić information content (AvgIpc) is 1.72. The van der Waals surface area contributed by atoms with Gasteiger partial charge in [0.15, 0.2) is 17.0 Å². The second kappa shape index (κ2) is 48.4. The summed E-state index contributed by atoms with van der Waals surface area (Å²) in [6.45, 7) is 17.6. The molecular formula is C97H133N19O19S. The van der Waals surface area contributed by atoms with Crippen molar-refractivity contribution < 1.29 is 90.1 Å². The number of nitrogen functional groups attached to an aromatic ring is 2. The molecule has 5 aliphatic rings. The van der Waals surface area contributed by atoms with Crippen molar-refractivity contribution in [3.8, 4) is 33.6 Å². The number of hydrogen-bond acceptors (Lipinski definition) is 32. The fraction of sp³-hybridized carbons (Fsp3) is 0.588. The first-order chi connectivity index (χ1) is 65.5. The number of fused-ring (bicyclic) bond motifs is 5. The normalized spacial score (nSPS) is 25.9. The number of aromatic nitrogens is 13. The number of nitrogens with zero attached hydrogens (tertiary/aromatic N) is 16. The Balaban J connectivity index is 0.530. The van der Waals surface area contributed by atoms with Crippen molar-refractivity contribution >= 4 is 85.1 Å². The number of Topliss-reactive ketones (excluding diaryl/α,β-unsaturated/α-hetero) is 3. The quantitative estimate of drug-likeness (QED) is 0.00964. The van der Waals surface area contributed by atoms with Gasteiger partial charge in [0.1, 0.15) is 53.5 Å². The van der Waals surface area contributed by atoms with Gasteiger partial charge >= 0.3 is 5.97 Å². The molecule has 136 heavy (non-hydrogen) atoms. The van der Waals surface area contributed by atoms with E-state index >= 15 is 0 Å². The highest BCUT2D eigenvalue weighted by molar-refractivity contribution is 7.89. The van der Waals surface area contributed by atoms with Crippen LogP contribution in [0.1, 0.15) is 169 Å². The number of piperidine rings is 1. The van der Waals surface area contributed by atoms with Gasteiger partial charge in [-0.2, -0.15) is 14.4 Å². The predicted octanol–water partition coefficient (Wildman–Crippen LogP) is 9.34. The van der Waals surface area contributed by atoms with Gasteiger partial charge in [-0.15, -0.1) is 10.2 Å². The van der Waals surface area contributed by atoms with Crippen LogP contribution >= 0.6 is 0 Å². The van der Waals surface area contributed by atoms with E-state index < -0.39 is 99.5 Å². The van der Waals surface area contributed by atoms with Gasteiger partial charge in [-0.1, -0.05) is 99.7 Å². The number of aliphatic hydroxyl groups excluding tert-OH is 2. The number of unbranched alkanes of at least 4 members (excludes halogenated alkanes) is 2. The molecule has 4 aliphatic heterocycles. The number of oxazole rings is 1. The van der Waals surface area contributed by atoms with Crippen molar-refractivity contribution in [2.45, 2.75) is 232 Å². The van der Waals surface area contributed by atoms with Crippen LogP contribution in [0.25, 0.3) is 55.8 Å². The van der Waals surface area contributed by atoms with Crippen molar-refractivity contribution in [2.75, 3.05) is 115 Å². The van der Waals surface area contributed by atoms with Gasteiger partial charge in [-0.25, -0.2) is 47.2 Å². The van der Waals surface area contributed by atoms with Crippen molar-refractivity contribution in [3.05, 3.63) is 127 Å². The number of methoxy groups -OCH3 is 2. The Morgan fingerprint density at radius 3 is 2.29 bits per heavy atom. The Kier molecular flexibility index (Phi) is 36.5. The number of ether oxygens (including phenoxy) is 7. The van der Waals surface area contributed by atoms with Crippen LogP contribution in [0.4, 0.5) is 17.8 Å². The molecule has 6 aromatic heterocycles. The van der Waals surface area contributed by atoms with Crippen LogP contribution < -0.4 is 21.7 Å². The number of nitrogens with one attached hydrogen (secondary N) is 1. The van der Waals surface area contributed by atoms with Gasteiger partial charge < -0.3 is 79.5 Å². The highest BCUT2D eigenvalue weighted by Crippen LogP contribution is 2.43. The number of hydrogen-bond donors (Lipinski definition) is 6. The lowest BCUT2D eigenvalue weighted by atomic mass is 9.77. The van der Waals surface area contributed by atoms with E-state index in [1.165, 1.54) is 21.6 Å². The predicted molar refractivity (Wildman–Crippen MR) is 507 cm³/mol. The summed E-state index contributed by atoms with van der Waals surface area (Å²) < 4.78 is 81.7. The number of allylic oxidation sites excluding steroid dienone is 6. The number of piperazine rings is 1. The number of carbonyl (C=O) groups is 6. The minimum absolute atomic E-state index is 0.000890.